The average Bonchev–Trinajstić information content (AvgIpc) is 2.99. The number of carbonyl (C=O) groups is 1. The van der Waals surface area contributed by atoms with E-state index in [1.807, 2.05) is 6.92 Å². The topological polar surface area (TPSA) is 75.9 Å². The first-order valence-electron chi connectivity index (χ1n) is 7.97. The highest BCUT2D eigenvalue weighted by Crippen LogP contribution is 2.15. The van der Waals surface area contributed by atoms with Crippen molar-refractivity contribution in [2.45, 2.75) is 26.9 Å². The molecule has 0 saturated carbocycles. The molecule has 0 fully saturated rings. The molecule has 1 aromatic heterocycles. The normalized spacial score (nSPS) is 10.8. The summed E-state index contributed by atoms with van der Waals surface area (Å²) in [5.41, 5.74) is 1.31. The van der Waals surface area contributed by atoms with Gasteiger partial charge in [0, 0.05) is 6.54 Å². The molecule has 1 aromatic carbocycles. The molecule has 26 heavy (non-hydrogen) atoms. The number of benzene rings is 1. The quantitative estimate of drug-likeness (QED) is 0.290. The number of halogens is 2. The summed E-state index contributed by atoms with van der Waals surface area (Å²) in [7, 11) is 1.33. The fourth-order valence-corrected chi connectivity index (χ4v) is 2.22. The highest BCUT2D eigenvalue weighted by Gasteiger charge is 2.15. The number of aliphatic imine (C=N–C) groups is 1. The number of carbonyl (C=O) groups excluding carboxylic acids is 1. The fraction of sp³-hybridized carbons (Fsp3) is 0.333. The van der Waals surface area contributed by atoms with E-state index in [9.17, 15) is 9.18 Å². The molecular weight excluding hydrogens is 452 g/mol. The van der Waals surface area contributed by atoms with Crippen LogP contribution >= 0.6 is 24.0 Å². The molecule has 1 heterocycles. The van der Waals surface area contributed by atoms with Crippen molar-refractivity contribution in [3.05, 3.63) is 58.8 Å². The van der Waals surface area contributed by atoms with Crippen LogP contribution in [0.3, 0.4) is 0 Å². The molecule has 0 atom stereocenters. The molecule has 0 saturated heterocycles. The standard InChI is InChI=1S/C18H22FN3O3.HI/c1-4-20-18(21-10-13-5-7-14(19)8-6-13)22-11-15-9-16(12(2)25-15)17(23)24-3;/h5-9H,4,10-11H2,1-3H3,(H2,20,21,22);1H. The molecule has 0 unspecified atom stereocenters. The summed E-state index contributed by atoms with van der Waals surface area (Å²) in [4.78, 5) is 16.1. The smallest absolute Gasteiger partial charge is 0.341 e. The van der Waals surface area contributed by atoms with Gasteiger partial charge in [0.2, 0.25) is 0 Å². The Hall–Kier alpha value is -2.10. The van der Waals surface area contributed by atoms with Crippen molar-refractivity contribution in [2.75, 3.05) is 13.7 Å². The molecule has 0 amide bonds. The number of hydrogen-bond acceptors (Lipinski definition) is 4. The number of guanidine groups is 1. The number of nitrogens with zero attached hydrogens (tertiary/aromatic N) is 1. The molecule has 0 radical (unpaired) electrons. The molecule has 0 aliphatic carbocycles. The molecule has 0 spiro atoms. The number of esters is 1. The van der Waals surface area contributed by atoms with Gasteiger partial charge in [-0.25, -0.2) is 14.2 Å². The zero-order chi connectivity index (χ0) is 18.2. The Labute approximate surface area is 169 Å². The average molecular weight is 475 g/mol. The first-order valence-corrected chi connectivity index (χ1v) is 7.97. The molecular formula is C18H23FIN3O3. The predicted octanol–water partition coefficient (Wildman–Crippen LogP) is 3.39. The molecule has 142 valence electrons. The number of methoxy groups -OCH3 is 1. The van der Waals surface area contributed by atoms with Gasteiger partial charge in [-0.1, -0.05) is 12.1 Å². The van der Waals surface area contributed by atoms with Crippen molar-refractivity contribution < 1.29 is 18.3 Å². The van der Waals surface area contributed by atoms with Crippen molar-refractivity contribution in [3.63, 3.8) is 0 Å². The van der Waals surface area contributed by atoms with E-state index in [-0.39, 0.29) is 29.8 Å². The van der Waals surface area contributed by atoms with Gasteiger partial charge in [-0.3, -0.25) is 0 Å². The van der Waals surface area contributed by atoms with E-state index in [2.05, 4.69) is 15.6 Å². The highest BCUT2D eigenvalue weighted by molar-refractivity contribution is 14.0. The van der Waals surface area contributed by atoms with Gasteiger partial charge in [0.15, 0.2) is 5.96 Å². The van der Waals surface area contributed by atoms with Crippen LogP contribution in [0.1, 0.15) is 34.4 Å². The second-order valence-electron chi connectivity index (χ2n) is 5.35. The van der Waals surface area contributed by atoms with E-state index in [0.717, 1.165) is 5.56 Å². The van der Waals surface area contributed by atoms with Gasteiger partial charge in [-0.15, -0.1) is 24.0 Å². The first kappa shape index (κ1) is 21.9. The minimum absolute atomic E-state index is 0. The summed E-state index contributed by atoms with van der Waals surface area (Å²) in [6.07, 6.45) is 0. The van der Waals surface area contributed by atoms with Crippen LogP contribution < -0.4 is 10.6 Å². The van der Waals surface area contributed by atoms with Crippen molar-refractivity contribution in [3.8, 4) is 0 Å². The van der Waals surface area contributed by atoms with Crippen molar-refractivity contribution in [1.29, 1.82) is 0 Å². The third-order valence-corrected chi connectivity index (χ3v) is 3.48. The lowest BCUT2D eigenvalue weighted by molar-refractivity contribution is 0.0599. The Morgan fingerprint density at radius 2 is 1.96 bits per heavy atom. The summed E-state index contributed by atoms with van der Waals surface area (Å²) < 4.78 is 23.2. The van der Waals surface area contributed by atoms with Crippen LogP contribution in [0.25, 0.3) is 0 Å². The second kappa shape index (κ2) is 10.8. The Morgan fingerprint density at radius 1 is 1.27 bits per heavy atom. The number of aryl methyl sites for hydroxylation is 1. The third kappa shape index (κ3) is 6.32. The molecule has 2 aromatic rings. The zero-order valence-electron chi connectivity index (χ0n) is 15.0. The lowest BCUT2D eigenvalue weighted by Crippen LogP contribution is -2.36. The van der Waals surface area contributed by atoms with Gasteiger partial charge in [-0.05, 0) is 37.6 Å². The van der Waals surface area contributed by atoms with E-state index in [4.69, 9.17) is 9.15 Å². The van der Waals surface area contributed by atoms with Gasteiger partial charge in [0.25, 0.3) is 0 Å². The van der Waals surface area contributed by atoms with E-state index in [1.165, 1.54) is 19.2 Å². The number of rotatable bonds is 6. The molecule has 8 heteroatoms. The summed E-state index contributed by atoms with van der Waals surface area (Å²) >= 11 is 0. The SMILES string of the molecule is CCNC(=NCc1ccc(F)cc1)NCc1cc(C(=O)OC)c(C)o1.I. The van der Waals surface area contributed by atoms with E-state index >= 15 is 0 Å². The number of hydrogen-bond donors (Lipinski definition) is 2. The lowest BCUT2D eigenvalue weighted by Gasteiger charge is -2.10. The van der Waals surface area contributed by atoms with Gasteiger partial charge >= 0.3 is 5.97 Å². The summed E-state index contributed by atoms with van der Waals surface area (Å²) in [5, 5.41) is 6.26. The van der Waals surface area contributed by atoms with Crippen LogP contribution in [0.4, 0.5) is 4.39 Å². The van der Waals surface area contributed by atoms with E-state index < -0.39 is 5.97 Å². The zero-order valence-corrected chi connectivity index (χ0v) is 17.3. The number of furan rings is 1. The van der Waals surface area contributed by atoms with Crippen LogP contribution in [0, 0.1) is 12.7 Å². The minimum Gasteiger partial charge on any atom is -0.465 e. The Bertz CT molecular complexity index is 745. The van der Waals surface area contributed by atoms with Crippen molar-refractivity contribution >= 4 is 35.9 Å². The third-order valence-electron chi connectivity index (χ3n) is 3.48. The molecule has 0 bridgehead atoms. The lowest BCUT2D eigenvalue weighted by atomic mass is 10.2. The maximum absolute atomic E-state index is 12.9. The molecule has 0 aliphatic heterocycles. The Kier molecular flexibility index (Phi) is 9.11. The molecule has 2 rings (SSSR count). The predicted molar refractivity (Wildman–Crippen MR) is 108 cm³/mol. The van der Waals surface area contributed by atoms with E-state index in [0.29, 0.717) is 42.7 Å². The van der Waals surface area contributed by atoms with Gasteiger partial charge in [0.1, 0.15) is 22.9 Å². The van der Waals surface area contributed by atoms with Crippen LogP contribution in [0.2, 0.25) is 0 Å². The van der Waals surface area contributed by atoms with Crippen molar-refractivity contribution in [2.24, 2.45) is 4.99 Å². The first-order chi connectivity index (χ1) is 12.0. The van der Waals surface area contributed by atoms with Crippen LogP contribution in [-0.2, 0) is 17.8 Å². The maximum Gasteiger partial charge on any atom is 0.341 e. The van der Waals surface area contributed by atoms with Crippen molar-refractivity contribution in [1.82, 2.24) is 10.6 Å². The second-order valence-corrected chi connectivity index (χ2v) is 5.35. The molecule has 2 N–H and O–H groups in total. The Morgan fingerprint density at radius 3 is 2.58 bits per heavy atom. The number of ether oxygens (including phenoxy) is 1. The summed E-state index contributed by atoms with van der Waals surface area (Å²) in [6.45, 7) is 5.15. The maximum atomic E-state index is 12.9. The highest BCUT2D eigenvalue weighted by atomic mass is 127. The van der Waals surface area contributed by atoms with Crippen LogP contribution in [-0.4, -0.2) is 25.6 Å². The van der Waals surface area contributed by atoms with Gasteiger partial charge < -0.3 is 19.8 Å². The largest absolute Gasteiger partial charge is 0.465 e. The van der Waals surface area contributed by atoms with Crippen LogP contribution in [0.15, 0.2) is 39.7 Å². The van der Waals surface area contributed by atoms with Gasteiger partial charge in [0.05, 0.1) is 20.2 Å². The monoisotopic (exact) mass is 475 g/mol. The molecule has 6 nitrogen and oxygen atoms in total. The summed E-state index contributed by atoms with van der Waals surface area (Å²) in [5.74, 6) is 1.01. The number of nitrogens with one attached hydrogen (secondary N) is 2. The fourth-order valence-electron chi connectivity index (χ4n) is 2.22. The van der Waals surface area contributed by atoms with Crippen LogP contribution in [0.5, 0.6) is 0 Å². The van der Waals surface area contributed by atoms with Gasteiger partial charge in [-0.2, -0.15) is 0 Å². The Balaban J connectivity index is 0.00000338. The molecule has 0 aliphatic rings. The summed E-state index contributed by atoms with van der Waals surface area (Å²) in [6, 6.07) is 7.86. The van der Waals surface area contributed by atoms with E-state index in [1.54, 1.807) is 25.1 Å². The minimum atomic E-state index is -0.426.